The zero-order valence-electron chi connectivity index (χ0n) is 17.7. The third-order valence-electron chi connectivity index (χ3n) is 4.62. The number of unbranched alkanes of at least 4 members (excludes halogenated alkanes) is 1. The summed E-state index contributed by atoms with van der Waals surface area (Å²) < 4.78 is 0. The highest BCUT2D eigenvalue weighted by Crippen LogP contribution is 2.15. The first kappa shape index (κ1) is 23.9. The molecule has 8 heteroatoms. The number of carbonyl (C=O) groups is 3. The lowest BCUT2D eigenvalue weighted by atomic mass is 10.1. The van der Waals surface area contributed by atoms with Crippen LogP contribution in [0, 0.1) is 6.92 Å². The van der Waals surface area contributed by atoms with Crippen molar-refractivity contribution < 1.29 is 19.5 Å². The number of carboxylic acid groups (broad SMARTS) is 1. The van der Waals surface area contributed by atoms with Gasteiger partial charge in [0.2, 0.25) is 5.91 Å². The number of urea groups is 1. The number of anilines is 2. The van der Waals surface area contributed by atoms with E-state index in [-0.39, 0.29) is 18.5 Å². The number of para-hydroxylation sites is 1. The van der Waals surface area contributed by atoms with Gasteiger partial charge in [-0.2, -0.15) is 0 Å². The van der Waals surface area contributed by atoms with Gasteiger partial charge < -0.3 is 26.4 Å². The van der Waals surface area contributed by atoms with E-state index >= 15 is 0 Å². The minimum absolute atomic E-state index is 0.0155. The van der Waals surface area contributed by atoms with Crippen molar-refractivity contribution in [3.8, 4) is 0 Å². The second kappa shape index (κ2) is 13.0. The number of aryl methyl sites for hydroxylation is 2. The number of carboxylic acids is 1. The van der Waals surface area contributed by atoms with Gasteiger partial charge in [0.15, 0.2) is 0 Å². The number of benzene rings is 2. The van der Waals surface area contributed by atoms with Crippen molar-refractivity contribution in [1.82, 2.24) is 10.6 Å². The Kier molecular flexibility index (Phi) is 10.0. The summed E-state index contributed by atoms with van der Waals surface area (Å²) in [6.07, 6.45) is 2.60. The molecule has 2 rings (SSSR count). The molecule has 0 bridgehead atoms. The Labute approximate surface area is 182 Å². The second-order valence-electron chi connectivity index (χ2n) is 7.22. The summed E-state index contributed by atoms with van der Waals surface area (Å²) in [5.74, 6) is -0.888. The predicted molar refractivity (Wildman–Crippen MR) is 121 cm³/mol. The molecule has 2 aromatic carbocycles. The van der Waals surface area contributed by atoms with Crippen LogP contribution in [0.3, 0.4) is 0 Å². The summed E-state index contributed by atoms with van der Waals surface area (Å²) in [5.41, 5.74) is 3.44. The van der Waals surface area contributed by atoms with Crippen LogP contribution in [0.15, 0.2) is 48.5 Å². The summed E-state index contributed by atoms with van der Waals surface area (Å²) in [6, 6.07) is 14.7. The quantitative estimate of drug-likeness (QED) is 0.334. The average Bonchev–Trinajstić information content (AvgIpc) is 2.74. The molecule has 0 spiro atoms. The van der Waals surface area contributed by atoms with E-state index in [1.807, 2.05) is 55.5 Å². The van der Waals surface area contributed by atoms with E-state index < -0.39 is 5.97 Å². The van der Waals surface area contributed by atoms with Crippen molar-refractivity contribution in [3.05, 3.63) is 59.7 Å². The van der Waals surface area contributed by atoms with Crippen molar-refractivity contribution in [2.45, 2.75) is 32.6 Å². The van der Waals surface area contributed by atoms with Gasteiger partial charge in [0.25, 0.3) is 0 Å². The lowest BCUT2D eigenvalue weighted by Gasteiger charge is -2.10. The Morgan fingerprint density at radius 3 is 2.32 bits per heavy atom. The van der Waals surface area contributed by atoms with Crippen molar-refractivity contribution in [2.75, 3.05) is 30.3 Å². The van der Waals surface area contributed by atoms with E-state index in [1.165, 1.54) is 0 Å². The topological polar surface area (TPSA) is 120 Å². The highest BCUT2D eigenvalue weighted by atomic mass is 16.4. The Morgan fingerprint density at radius 2 is 1.61 bits per heavy atom. The third kappa shape index (κ3) is 9.77. The molecule has 0 aliphatic heterocycles. The van der Waals surface area contributed by atoms with E-state index in [9.17, 15) is 14.4 Å². The fourth-order valence-corrected chi connectivity index (χ4v) is 2.90. The van der Waals surface area contributed by atoms with Crippen LogP contribution in [0.5, 0.6) is 0 Å². The van der Waals surface area contributed by atoms with Gasteiger partial charge in [-0.1, -0.05) is 30.3 Å². The normalized spacial score (nSPS) is 10.4. The molecule has 0 unspecified atom stereocenters. The molecule has 5 N–H and O–H groups in total. The molecule has 0 saturated carbocycles. The number of carbonyl (C=O) groups excluding carboxylic acids is 2. The van der Waals surface area contributed by atoms with Crippen LogP contribution in [-0.4, -0.2) is 42.6 Å². The number of nitrogens with one attached hydrogen (secondary N) is 4. The fourth-order valence-electron chi connectivity index (χ4n) is 2.90. The smallest absolute Gasteiger partial charge is 0.323 e. The lowest BCUT2D eigenvalue weighted by molar-refractivity contribution is -0.136. The lowest BCUT2D eigenvalue weighted by Crippen LogP contribution is -2.27. The summed E-state index contributed by atoms with van der Waals surface area (Å²) in [5, 5.41) is 19.8. The van der Waals surface area contributed by atoms with Crippen molar-refractivity contribution >= 4 is 29.3 Å². The highest BCUT2D eigenvalue weighted by Gasteiger charge is 2.06. The molecule has 0 aliphatic carbocycles. The van der Waals surface area contributed by atoms with Crippen LogP contribution >= 0.6 is 0 Å². The third-order valence-corrected chi connectivity index (χ3v) is 4.62. The summed E-state index contributed by atoms with van der Waals surface area (Å²) in [4.78, 5) is 34.5. The Bertz CT molecular complexity index is 868. The van der Waals surface area contributed by atoms with Crippen LogP contribution in [0.2, 0.25) is 0 Å². The molecule has 8 nitrogen and oxygen atoms in total. The molecule has 0 aliphatic rings. The molecule has 0 atom stereocenters. The number of hydrogen-bond acceptors (Lipinski definition) is 4. The van der Waals surface area contributed by atoms with Gasteiger partial charge >= 0.3 is 12.0 Å². The maximum Gasteiger partial charge on any atom is 0.323 e. The van der Waals surface area contributed by atoms with Gasteiger partial charge in [-0.15, -0.1) is 0 Å². The van der Waals surface area contributed by atoms with Gasteiger partial charge in [-0.3, -0.25) is 9.59 Å². The molecule has 0 radical (unpaired) electrons. The minimum atomic E-state index is -0.873. The molecule has 0 saturated heterocycles. The van der Waals surface area contributed by atoms with Crippen molar-refractivity contribution in [1.29, 1.82) is 0 Å². The van der Waals surface area contributed by atoms with Crippen LogP contribution in [0.25, 0.3) is 0 Å². The number of amides is 3. The number of hydrogen-bond donors (Lipinski definition) is 5. The minimum Gasteiger partial charge on any atom is -0.480 e. The van der Waals surface area contributed by atoms with E-state index in [1.54, 1.807) is 0 Å². The van der Waals surface area contributed by atoms with Crippen LogP contribution < -0.4 is 21.3 Å². The van der Waals surface area contributed by atoms with E-state index in [2.05, 4.69) is 21.3 Å². The Morgan fingerprint density at radius 1 is 0.903 bits per heavy atom. The molecule has 0 aromatic heterocycles. The molecule has 3 amide bonds. The SMILES string of the molecule is Cc1ccccc1NC(=O)Nc1ccc(CCC(=O)NCCCCNCC(=O)O)cc1. The van der Waals surface area contributed by atoms with Crippen molar-refractivity contribution in [2.24, 2.45) is 0 Å². The summed E-state index contributed by atoms with van der Waals surface area (Å²) >= 11 is 0. The molecule has 0 heterocycles. The van der Waals surface area contributed by atoms with Crippen LogP contribution in [0.4, 0.5) is 16.2 Å². The van der Waals surface area contributed by atoms with E-state index in [4.69, 9.17) is 5.11 Å². The Hall–Kier alpha value is -3.39. The molecular weight excluding hydrogens is 396 g/mol. The molecule has 166 valence electrons. The number of aliphatic carboxylic acids is 1. The molecular formula is C23H30N4O4. The van der Waals surface area contributed by atoms with Gasteiger partial charge in [-0.25, -0.2) is 4.79 Å². The maximum atomic E-state index is 12.1. The first-order valence-electron chi connectivity index (χ1n) is 10.4. The maximum absolute atomic E-state index is 12.1. The zero-order valence-corrected chi connectivity index (χ0v) is 17.7. The second-order valence-corrected chi connectivity index (χ2v) is 7.22. The first-order valence-corrected chi connectivity index (χ1v) is 10.4. The first-order chi connectivity index (χ1) is 14.9. The van der Waals surface area contributed by atoms with E-state index in [0.29, 0.717) is 31.6 Å². The van der Waals surface area contributed by atoms with Gasteiger partial charge in [-0.05, 0) is 62.1 Å². The largest absolute Gasteiger partial charge is 0.480 e. The van der Waals surface area contributed by atoms with E-state index in [0.717, 1.165) is 29.7 Å². The summed E-state index contributed by atoms with van der Waals surface area (Å²) in [6.45, 7) is 3.08. The summed E-state index contributed by atoms with van der Waals surface area (Å²) in [7, 11) is 0. The average molecular weight is 427 g/mol. The monoisotopic (exact) mass is 426 g/mol. The predicted octanol–water partition coefficient (Wildman–Crippen LogP) is 3.14. The molecule has 31 heavy (non-hydrogen) atoms. The Balaban J connectivity index is 1.63. The van der Waals surface area contributed by atoms with Gasteiger partial charge in [0.1, 0.15) is 0 Å². The zero-order chi connectivity index (χ0) is 22.5. The molecule has 0 fully saturated rings. The van der Waals surface area contributed by atoms with Crippen LogP contribution in [0.1, 0.15) is 30.4 Å². The standard InChI is InChI=1S/C23H30N4O4/c1-17-6-2-3-7-20(17)27-23(31)26-19-11-8-18(9-12-19)10-13-21(28)25-15-5-4-14-24-16-22(29)30/h2-3,6-9,11-12,24H,4-5,10,13-16H2,1H3,(H,25,28)(H,29,30)(H2,26,27,31). The van der Waals surface area contributed by atoms with Crippen molar-refractivity contribution in [3.63, 3.8) is 0 Å². The number of rotatable bonds is 12. The van der Waals surface area contributed by atoms with Gasteiger partial charge in [0, 0.05) is 24.3 Å². The van der Waals surface area contributed by atoms with Gasteiger partial charge in [0.05, 0.1) is 6.54 Å². The highest BCUT2D eigenvalue weighted by molar-refractivity contribution is 6.00. The fraction of sp³-hybridized carbons (Fsp3) is 0.348. The molecule has 2 aromatic rings. The van der Waals surface area contributed by atoms with Crippen LogP contribution in [-0.2, 0) is 16.0 Å².